The Kier molecular flexibility index (Phi) is 14.2. The van der Waals surface area contributed by atoms with E-state index in [1.807, 2.05) is 30.3 Å². The van der Waals surface area contributed by atoms with E-state index in [0.717, 1.165) is 16.9 Å². The number of aliphatic imine (C=N–C) groups is 1. The molecule has 11 N–H and O–H groups in total. The first-order chi connectivity index (χ1) is 24.2. The third-order valence-electron chi connectivity index (χ3n) is 7.69. The van der Waals surface area contributed by atoms with Crippen LogP contribution in [0.1, 0.15) is 58.9 Å². The van der Waals surface area contributed by atoms with Crippen molar-refractivity contribution in [2.45, 2.75) is 56.8 Å². The largest absolute Gasteiger partial charge is 0.489 e. The number of hydrogen-bond donors (Lipinski definition) is 7. The molecule has 2 aromatic carbocycles. The van der Waals surface area contributed by atoms with Crippen LogP contribution in [0.15, 0.2) is 65.0 Å². The normalized spacial score (nSPS) is 13.6. The Bertz CT molecular complexity index is 1610. The summed E-state index contributed by atoms with van der Waals surface area (Å²) in [5, 5.41) is 9.86. The molecule has 0 saturated heterocycles. The number of unbranched alkanes of at least 4 members (excludes halogenated alkanes) is 1. The number of amides is 4. The SMILES string of the molecule is NCCCC[C@H](NC(=O)[C@H](CCCN=C(N)N)NC(=O)c1scc2c1OCCO2)C(=O)N[C@@H](C(N)=O)c1ccc(OCc2ccccc2)cc1. The number of hydrogen-bond acceptors (Lipinski definition) is 10. The minimum atomic E-state index is -1.19. The summed E-state index contributed by atoms with van der Waals surface area (Å²) in [4.78, 5) is 57.5. The molecule has 0 bridgehead atoms. The second-order valence-corrected chi connectivity index (χ2v) is 12.3. The number of ether oxygens (including phenoxy) is 3. The van der Waals surface area contributed by atoms with Gasteiger partial charge in [-0.1, -0.05) is 42.5 Å². The monoisotopic (exact) mass is 708 g/mol. The van der Waals surface area contributed by atoms with Crippen molar-refractivity contribution in [1.29, 1.82) is 0 Å². The number of fused-ring (bicyclic) bond motifs is 1. The number of primary amides is 1. The second kappa shape index (κ2) is 19.0. The molecule has 268 valence electrons. The molecule has 0 saturated carbocycles. The maximum Gasteiger partial charge on any atom is 0.265 e. The minimum absolute atomic E-state index is 0.104. The van der Waals surface area contributed by atoms with Gasteiger partial charge in [0.05, 0.1) is 0 Å². The predicted molar refractivity (Wildman–Crippen MR) is 189 cm³/mol. The molecule has 1 aliphatic heterocycles. The summed E-state index contributed by atoms with van der Waals surface area (Å²) in [6.45, 7) is 1.59. The summed E-state index contributed by atoms with van der Waals surface area (Å²) >= 11 is 1.13. The highest BCUT2D eigenvalue weighted by Crippen LogP contribution is 2.39. The van der Waals surface area contributed by atoms with Gasteiger partial charge in [-0.2, -0.15) is 0 Å². The van der Waals surface area contributed by atoms with Crippen molar-refractivity contribution in [3.8, 4) is 17.2 Å². The number of rotatable bonds is 19. The summed E-state index contributed by atoms with van der Waals surface area (Å²) in [6.07, 6.45) is 1.80. The Balaban J connectivity index is 1.46. The van der Waals surface area contributed by atoms with E-state index < -0.39 is 41.8 Å². The first-order valence-corrected chi connectivity index (χ1v) is 17.1. The van der Waals surface area contributed by atoms with Crippen molar-refractivity contribution in [3.05, 3.63) is 76.0 Å². The zero-order valence-corrected chi connectivity index (χ0v) is 28.4. The number of carbonyl (C=O) groups excluding carboxylic acids is 4. The molecule has 3 aromatic rings. The van der Waals surface area contributed by atoms with Crippen LogP contribution in [0.2, 0.25) is 0 Å². The average molecular weight is 709 g/mol. The van der Waals surface area contributed by atoms with Crippen molar-refractivity contribution in [2.75, 3.05) is 26.3 Å². The Hall–Kier alpha value is -5.35. The smallest absolute Gasteiger partial charge is 0.265 e. The van der Waals surface area contributed by atoms with Gasteiger partial charge < -0.3 is 53.1 Å². The van der Waals surface area contributed by atoms with Crippen LogP contribution in [0, 0.1) is 0 Å². The van der Waals surface area contributed by atoms with Gasteiger partial charge in [0.15, 0.2) is 17.5 Å². The number of nitrogens with zero attached hydrogens (tertiary/aromatic N) is 1. The highest BCUT2D eigenvalue weighted by Gasteiger charge is 2.31. The van der Waals surface area contributed by atoms with Crippen LogP contribution < -0.4 is 53.1 Å². The molecule has 4 amide bonds. The van der Waals surface area contributed by atoms with Crippen molar-refractivity contribution in [2.24, 2.45) is 27.9 Å². The van der Waals surface area contributed by atoms with Crippen molar-refractivity contribution >= 4 is 40.9 Å². The van der Waals surface area contributed by atoms with Crippen molar-refractivity contribution in [3.63, 3.8) is 0 Å². The molecule has 1 aromatic heterocycles. The van der Waals surface area contributed by atoms with E-state index in [-0.39, 0.29) is 36.8 Å². The van der Waals surface area contributed by atoms with Gasteiger partial charge in [0.1, 0.15) is 48.6 Å². The molecule has 0 unspecified atom stereocenters. The lowest BCUT2D eigenvalue weighted by Crippen LogP contribution is -2.54. The molecular weight excluding hydrogens is 664 g/mol. The van der Waals surface area contributed by atoms with Gasteiger partial charge >= 0.3 is 0 Å². The molecule has 1 aliphatic rings. The summed E-state index contributed by atoms with van der Waals surface area (Å²) < 4.78 is 17.0. The molecule has 4 rings (SSSR count). The average Bonchev–Trinajstić information content (AvgIpc) is 3.55. The van der Waals surface area contributed by atoms with Gasteiger partial charge in [0, 0.05) is 11.9 Å². The van der Waals surface area contributed by atoms with Gasteiger partial charge in [-0.15, -0.1) is 11.3 Å². The van der Waals surface area contributed by atoms with Crippen LogP contribution in [0.25, 0.3) is 0 Å². The van der Waals surface area contributed by atoms with E-state index in [4.69, 9.17) is 37.1 Å². The van der Waals surface area contributed by atoms with Crippen molar-refractivity contribution < 1.29 is 33.4 Å². The summed E-state index contributed by atoms with van der Waals surface area (Å²) in [5.41, 5.74) is 23.7. The maximum atomic E-state index is 13.7. The van der Waals surface area contributed by atoms with Gasteiger partial charge in [-0.3, -0.25) is 24.2 Å². The minimum Gasteiger partial charge on any atom is -0.489 e. The Morgan fingerprint density at radius 1 is 0.840 bits per heavy atom. The van der Waals surface area contributed by atoms with Crippen LogP contribution >= 0.6 is 11.3 Å². The van der Waals surface area contributed by atoms with E-state index >= 15 is 0 Å². The molecule has 0 radical (unpaired) electrons. The first-order valence-electron chi connectivity index (χ1n) is 16.3. The number of thiophene rings is 1. The highest BCUT2D eigenvalue weighted by atomic mass is 32.1. The summed E-state index contributed by atoms with van der Waals surface area (Å²) in [6, 6.07) is 12.9. The van der Waals surface area contributed by atoms with Crippen molar-refractivity contribution in [1.82, 2.24) is 16.0 Å². The zero-order chi connectivity index (χ0) is 35.9. The van der Waals surface area contributed by atoms with Crippen LogP contribution in [-0.2, 0) is 21.0 Å². The van der Waals surface area contributed by atoms with Crippen LogP contribution in [-0.4, -0.2) is 68.0 Å². The van der Waals surface area contributed by atoms with Gasteiger partial charge in [-0.25, -0.2) is 0 Å². The lowest BCUT2D eigenvalue weighted by Gasteiger charge is -2.25. The zero-order valence-electron chi connectivity index (χ0n) is 27.6. The molecular formula is C34H44N8O7S. The number of benzene rings is 2. The fourth-order valence-corrected chi connectivity index (χ4v) is 5.94. The summed E-state index contributed by atoms with van der Waals surface area (Å²) in [7, 11) is 0. The Labute approximate surface area is 294 Å². The lowest BCUT2D eigenvalue weighted by atomic mass is 10.0. The number of nitrogens with one attached hydrogen (secondary N) is 3. The predicted octanol–water partition coefficient (Wildman–Crippen LogP) is 1.21. The molecule has 0 spiro atoms. The Morgan fingerprint density at radius 2 is 1.52 bits per heavy atom. The van der Waals surface area contributed by atoms with E-state index in [1.165, 1.54) is 0 Å². The van der Waals surface area contributed by atoms with E-state index in [1.54, 1.807) is 29.6 Å². The molecule has 2 heterocycles. The maximum absolute atomic E-state index is 13.7. The Morgan fingerprint density at radius 3 is 2.22 bits per heavy atom. The fraction of sp³-hybridized carbons (Fsp3) is 0.382. The number of guanidine groups is 1. The lowest BCUT2D eigenvalue weighted by molar-refractivity contribution is -0.132. The fourth-order valence-electron chi connectivity index (χ4n) is 5.11. The second-order valence-electron chi connectivity index (χ2n) is 11.5. The van der Waals surface area contributed by atoms with Gasteiger partial charge in [0.25, 0.3) is 5.91 Å². The number of nitrogens with two attached hydrogens (primary N) is 4. The van der Waals surface area contributed by atoms with Gasteiger partial charge in [-0.05, 0) is 61.9 Å². The third kappa shape index (κ3) is 11.1. The molecule has 15 nitrogen and oxygen atoms in total. The molecule has 16 heteroatoms. The van der Waals surface area contributed by atoms with Crippen LogP contribution in [0.3, 0.4) is 0 Å². The van der Waals surface area contributed by atoms with E-state index in [9.17, 15) is 19.2 Å². The van der Waals surface area contributed by atoms with Crippen LogP contribution in [0.4, 0.5) is 0 Å². The van der Waals surface area contributed by atoms with Gasteiger partial charge in [0.2, 0.25) is 17.7 Å². The van der Waals surface area contributed by atoms with Crippen LogP contribution in [0.5, 0.6) is 17.2 Å². The third-order valence-corrected chi connectivity index (χ3v) is 8.63. The van der Waals surface area contributed by atoms with E-state index in [0.29, 0.717) is 61.8 Å². The van der Waals surface area contributed by atoms with E-state index in [2.05, 4.69) is 20.9 Å². The molecule has 0 aliphatic carbocycles. The highest BCUT2D eigenvalue weighted by molar-refractivity contribution is 7.12. The summed E-state index contributed by atoms with van der Waals surface area (Å²) in [5.74, 6) is -1.36. The standard InChI is InChI=1S/C34H44N8O7S/c35-15-5-4-9-24(32(45)42-27(30(36)43)22-11-13-23(14-12-22)49-19-21-7-2-1-3-8-21)40-31(44)25(10-6-16-39-34(37)38)41-33(46)29-28-26(20-50-29)47-17-18-48-28/h1-3,7-8,11-14,20,24-25,27H,4-6,9-10,15-19,35H2,(H2,36,43)(H,40,44)(H,41,46)(H,42,45)(H4,37,38,39)/t24-,25-,27+/m0/s1. The topological polar surface area (TPSA) is 248 Å². The quantitative estimate of drug-likeness (QED) is 0.0533. The number of carbonyl (C=O) groups is 4. The molecule has 0 fully saturated rings. The molecule has 50 heavy (non-hydrogen) atoms. The first kappa shape index (κ1) is 37.5. The molecule has 3 atom stereocenters.